The molecule has 0 radical (unpaired) electrons. The Morgan fingerprint density at radius 3 is 2.82 bits per heavy atom. The molecule has 6 heteroatoms. The number of aliphatic carboxylic acids is 1. The molecule has 3 N–H and O–H groups in total. The molecule has 0 aromatic carbocycles. The highest BCUT2D eigenvalue weighted by molar-refractivity contribution is 5.76. The van der Waals surface area contributed by atoms with E-state index in [0.29, 0.717) is 13.0 Å². The highest BCUT2D eigenvalue weighted by Gasteiger charge is 2.19. The van der Waals surface area contributed by atoms with Crippen LogP contribution in [0.2, 0.25) is 0 Å². The molecule has 6 nitrogen and oxygen atoms in total. The van der Waals surface area contributed by atoms with Crippen LogP contribution in [0.5, 0.6) is 0 Å². The quantitative estimate of drug-likeness (QED) is 0.661. The van der Waals surface area contributed by atoms with Crippen molar-refractivity contribution in [1.29, 1.82) is 0 Å². The molecule has 1 aliphatic rings. The van der Waals surface area contributed by atoms with E-state index in [1.54, 1.807) is 4.90 Å². The van der Waals surface area contributed by atoms with Crippen molar-refractivity contribution in [3.05, 3.63) is 0 Å². The normalized spacial score (nSPS) is 18.3. The summed E-state index contributed by atoms with van der Waals surface area (Å²) < 4.78 is 0. The van der Waals surface area contributed by atoms with Gasteiger partial charge in [0.25, 0.3) is 0 Å². The van der Waals surface area contributed by atoms with E-state index < -0.39 is 5.97 Å². The number of carboxylic acid groups (broad SMARTS) is 1. The molecule has 1 aliphatic heterocycles. The summed E-state index contributed by atoms with van der Waals surface area (Å²) in [7, 11) is 0. The Balaban J connectivity index is 2.42. The fourth-order valence-electron chi connectivity index (χ4n) is 1.82. The van der Waals surface area contributed by atoms with Crippen molar-refractivity contribution in [3.8, 4) is 0 Å². The number of nitrogens with zero attached hydrogens (tertiary/aromatic N) is 1. The zero-order chi connectivity index (χ0) is 12.7. The van der Waals surface area contributed by atoms with Crippen molar-refractivity contribution in [2.24, 2.45) is 0 Å². The summed E-state index contributed by atoms with van der Waals surface area (Å²) in [5, 5.41) is 14.7. The van der Waals surface area contributed by atoms with Crippen molar-refractivity contribution in [1.82, 2.24) is 15.5 Å². The predicted octanol–water partition coefficient (Wildman–Crippen LogP) is 0.245. The second-order valence-electron chi connectivity index (χ2n) is 4.24. The second kappa shape index (κ2) is 7.11. The summed E-state index contributed by atoms with van der Waals surface area (Å²) in [5.41, 5.74) is 0. The largest absolute Gasteiger partial charge is 0.481 e. The van der Waals surface area contributed by atoms with Gasteiger partial charge in [-0.25, -0.2) is 4.79 Å². The maximum Gasteiger partial charge on any atom is 0.317 e. The van der Waals surface area contributed by atoms with E-state index in [1.165, 1.54) is 0 Å². The van der Waals surface area contributed by atoms with Crippen LogP contribution in [0, 0.1) is 0 Å². The molecule has 2 amide bonds. The van der Waals surface area contributed by atoms with Crippen molar-refractivity contribution < 1.29 is 14.7 Å². The molecule has 1 fully saturated rings. The average Bonchev–Trinajstić information content (AvgIpc) is 2.55. The van der Waals surface area contributed by atoms with Crippen LogP contribution in [0.4, 0.5) is 4.79 Å². The second-order valence-corrected chi connectivity index (χ2v) is 4.24. The molecule has 17 heavy (non-hydrogen) atoms. The highest BCUT2D eigenvalue weighted by Crippen LogP contribution is 2.01. The Labute approximate surface area is 101 Å². The minimum atomic E-state index is -0.880. The molecule has 0 bridgehead atoms. The van der Waals surface area contributed by atoms with Gasteiger partial charge < -0.3 is 20.6 Å². The summed E-state index contributed by atoms with van der Waals surface area (Å²) in [4.78, 5) is 24.2. The molecule has 0 spiro atoms. The SMILES string of the molecule is CCC(CC(=O)O)NC(=O)N1CCCNCC1. The predicted molar refractivity (Wildman–Crippen MR) is 63.9 cm³/mol. The molecule has 1 unspecified atom stereocenters. The first kappa shape index (κ1) is 13.8. The van der Waals surface area contributed by atoms with Gasteiger partial charge in [-0.3, -0.25) is 4.79 Å². The minimum Gasteiger partial charge on any atom is -0.481 e. The van der Waals surface area contributed by atoms with Gasteiger partial charge in [-0.2, -0.15) is 0 Å². The molecular formula is C11H21N3O3. The van der Waals surface area contributed by atoms with Gasteiger partial charge in [0.1, 0.15) is 0 Å². The minimum absolute atomic E-state index is 0.0195. The standard InChI is InChI=1S/C11H21N3O3/c1-2-9(8-10(15)16)13-11(17)14-6-3-4-12-5-7-14/h9,12H,2-8H2,1H3,(H,13,17)(H,15,16). The Kier molecular flexibility index (Phi) is 5.76. The molecule has 0 aliphatic carbocycles. The van der Waals surface area contributed by atoms with E-state index in [4.69, 9.17) is 5.11 Å². The molecule has 1 rings (SSSR count). The maximum absolute atomic E-state index is 11.9. The summed E-state index contributed by atoms with van der Waals surface area (Å²) in [5.74, 6) is -0.880. The van der Waals surface area contributed by atoms with Gasteiger partial charge in [0.15, 0.2) is 0 Å². The topological polar surface area (TPSA) is 81.7 Å². The van der Waals surface area contributed by atoms with Crippen LogP contribution >= 0.6 is 0 Å². The lowest BCUT2D eigenvalue weighted by Crippen LogP contribution is -2.46. The van der Waals surface area contributed by atoms with Gasteiger partial charge in [-0.1, -0.05) is 6.92 Å². The van der Waals surface area contributed by atoms with E-state index in [9.17, 15) is 9.59 Å². The fourth-order valence-corrected chi connectivity index (χ4v) is 1.82. The number of urea groups is 1. The fraction of sp³-hybridized carbons (Fsp3) is 0.818. The summed E-state index contributed by atoms with van der Waals surface area (Å²) in [6.45, 7) is 4.99. The molecule has 1 heterocycles. The van der Waals surface area contributed by atoms with Crippen molar-refractivity contribution >= 4 is 12.0 Å². The lowest BCUT2D eigenvalue weighted by Gasteiger charge is -2.23. The van der Waals surface area contributed by atoms with E-state index in [2.05, 4.69) is 10.6 Å². The van der Waals surface area contributed by atoms with E-state index in [1.807, 2.05) is 6.92 Å². The molecule has 98 valence electrons. The van der Waals surface area contributed by atoms with Crippen molar-refractivity contribution in [3.63, 3.8) is 0 Å². The molecule has 1 atom stereocenters. The van der Waals surface area contributed by atoms with Gasteiger partial charge in [-0.05, 0) is 19.4 Å². The molecule has 0 aromatic rings. The van der Waals surface area contributed by atoms with Gasteiger partial charge in [-0.15, -0.1) is 0 Å². The lowest BCUT2D eigenvalue weighted by molar-refractivity contribution is -0.137. The van der Waals surface area contributed by atoms with E-state index >= 15 is 0 Å². The first-order valence-electron chi connectivity index (χ1n) is 6.11. The first-order chi connectivity index (χ1) is 8.13. The zero-order valence-electron chi connectivity index (χ0n) is 10.2. The van der Waals surface area contributed by atoms with Crippen LogP contribution in [0.25, 0.3) is 0 Å². The average molecular weight is 243 g/mol. The van der Waals surface area contributed by atoms with Crippen LogP contribution in [-0.4, -0.2) is 54.2 Å². The number of rotatable bonds is 4. The number of hydrogen-bond acceptors (Lipinski definition) is 3. The molecule has 0 saturated carbocycles. The van der Waals surface area contributed by atoms with Gasteiger partial charge in [0.2, 0.25) is 0 Å². The van der Waals surface area contributed by atoms with Crippen LogP contribution < -0.4 is 10.6 Å². The monoisotopic (exact) mass is 243 g/mol. The van der Waals surface area contributed by atoms with Crippen LogP contribution in [0.3, 0.4) is 0 Å². The van der Waals surface area contributed by atoms with Crippen molar-refractivity contribution in [2.75, 3.05) is 26.2 Å². The van der Waals surface area contributed by atoms with Crippen molar-refractivity contribution in [2.45, 2.75) is 32.2 Å². The van der Waals surface area contributed by atoms with Gasteiger partial charge in [0, 0.05) is 25.7 Å². The van der Waals surface area contributed by atoms with Gasteiger partial charge in [0.05, 0.1) is 6.42 Å². The number of carbonyl (C=O) groups excluding carboxylic acids is 1. The number of amides is 2. The van der Waals surface area contributed by atoms with E-state index in [-0.39, 0.29) is 18.5 Å². The maximum atomic E-state index is 11.9. The molecule has 0 aromatic heterocycles. The summed E-state index contributed by atoms with van der Waals surface area (Å²) in [6.07, 6.45) is 1.54. The number of carbonyl (C=O) groups is 2. The summed E-state index contributed by atoms with van der Waals surface area (Å²) >= 11 is 0. The Bertz CT molecular complexity index is 263. The highest BCUT2D eigenvalue weighted by atomic mass is 16.4. The van der Waals surface area contributed by atoms with Crippen LogP contribution in [-0.2, 0) is 4.79 Å². The van der Waals surface area contributed by atoms with E-state index in [0.717, 1.165) is 26.1 Å². The Hall–Kier alpha value is -1.30. The smallest absolute Gasteiger partial charge is 0.317 e. The van der Waals surface area contributed by atoms with Crippen LogP contribution in [0.15, 0.2) is 0 Å². The first-order valence-corrected chi connectivity index (χ1v) is 6.11. The Morgan fingerprint density at radius 1 is 1.41 bits per heavy atom. The van der Waals surface area contributed by atoms with Crippen LogP contribution in [0.1, 0.15) is 26.2 Å². The number of nitrogens with one attached hydrogen (secondary N) is 2. The third-order valence-corrected chi connectivity index (χ3v) is 2.87. The number of hydrogen-bond donors (Lipinski definition) is 3. The van der Waals surface area contributed by atoms with Gasteiger partial charge >= 0.3 is 12.0 Å². The molecule has 1 saturated heterocycles. The third kappa shape index (κ3) is 5.04. The number of carboxylic acids is 1. The Morgan fingerprint density at radius 2 is 2.18 bits per heavy atom. The lowest BCUT2D eigenvalue weighted by atomic mass is 10.1. The molecular weight excluding hydrogens is 222 g/mol. The third-order valence-electron chi connectivity index (χ3n) is 2.87. The zero-order valence-corrected chi connectivity index (χ0v) is 10.2. The summed E-state index contributed by atoms with van der Waals surface area (Å²) in [6, 6.07) is -0.432.